The van der Waals surface area contributed by atoms with E-state index in [2.05, 4.69) is 24.3 Å². The van der Waals surface area contributed by atoms with Gasteiger partial charge < -0.3 is 10.4 Å². The summed E-state index contributed by atoms with van der Waals surface area (Å²) < 4.78 is 1.98. The van der Waals surface area contributed by atoms with E-state index in [4.69, 9.17) is 0 Å². The van der Waals surface area contributed by atoms with Crippen molar-refractivity contribution in [2.45, 2.75) is 33.5 Å². The third-order valence-electron chi connectivity index (χ3n) is 2.79. The number of hydrogen-bond donors (Lipinski definition) is 2. The molecule has 4 nitrogen and oxygen atoms in total. The minimum absolute atomic E-state index is 0. The van der Waals surface area contributed by atoms with Crippen LogP contribution in [0.1, 0.15) is 25.1 Å². The highest BCUT2D eigenvalue weighted by molar-refractivity contribution is 5.85. The van der Waals surface area contributed by atoms with Gasteiger partial charge in [0.15, 0.2) is 0 Å². The van der Waals surface area contributed by atoms with E-state index in [9.17, 15) is 5.11 Å². The first kappa shape index (κ1) is 16.5. The summed E-state index contributed by atoms with van der Waals surface area (Å²) in [7, 11) is 0. The zero-order valence-electron chi connectivity index (χ0n) is 11.9. The summed E-state index contributed by atoms with van der Waals surface area (Å²) in [6.07, 6.45) is 2.02. The second kappa shape index (κ2) is 7.92. The van der Waals surface area contributed by atoms with Crippen molar-refractivity contribution in [3.8, 4) is 5.75 Å². The number of nitrogens with one attached hydrogen (secondary N) is 1. The zero-order chi connectivity index (χ0) is 13.7. The lowest BCUT2D eigenvalue weighted by Crippen LogP contribution is -2.13. The Hall–Kier alpha value is -1.52. The lowest BCUT2D eigenvalue weighted by Gasteiger charge is -2.05. The van der Waals surface area contributed by atoms with Crippen molar-refractivity contribution >= 4 is 12.4 Å². The van der Waals surface area contributed by atoms with Gasteiger partial charge in [-0.1, -0.05) is 26.0 Å². The van der Waals surface area contributed by atoms with Crippen molar-refractivity contribution in [2.24, 2.45) is 5.92 Å². The Morgan fingerprint density at radius 3 is 2.75 bits per heavy atom. The molecular formula is C15H22ClN3O. The van der Waals surface area contributed by atoms with Gasteiger partial charge in [-0.3, -0.25) is 4.68 Å². The molecule has 2 rings (SSSR count). The van der Waals surface area contributed by atoms with E-state index in [1.165, 1.54) is 0 Å². The number of phenols is 1. The molecule has 20 heavy (non-hydrogen) atoms. The quantitative estimate of drug-likeness (QED) is 0.861. The van der Waals surface area contributed by atoms with Crippen LogP contribution >= 0.6 is 12.4 Å². The maximum atomic E-state index is 9.37. The Labute approximate surface area is 126 Å². The van der Waals surface area contributed by atoms with Gasteiger partial charge >= 0.3 is 0 Å². The van der Waals surface area contributed by atoms with Gasteiger partial charge in [0.1, 0.15) is 5.75 Å². The summed E-state index contributed by atoms with van der Waals surface area (Å²) in [5.41, 5.74) is 2.11. The average Bonchev–Trinajstić information content (AvgIpc) is 2.76. The number of halogens is 1. The van der Waals surface area contributed by atoms with E-state index in [-0.39, 0.29) is 12.4 Å². The van der Waals surface area contributed by atoms with Gasteiger partial charge in [0.2, 0.25) is 0 Å². The van der Waals surface area contributed by atoms with Gasteiger partial charge in [0, 0.05) is 25.8 Å². The van der Waals surface area contributed by atoms with Crippen LogP contribution in [0, 0.1) is 5.92 Å². The molecule has 0 aliphatic heterocycles. The van der Waals surface area contributed by atoms with Crippen molar-refractivity contribution in [1.82, 2.24) is 15.1 Å². The number of hydrogen-bond acceptors (Lipinski definition) is 3. The molecule has 1 aromatic carbocycles. The van der Waals surface area contributed by atoms with Crippen LogP contribution in [0.3, 0.4) is 0 Å². The molecule has 5 heteroatoms. The predicted molar refractivity (Wildman–Crippen MR) is 83.0 cm³/mol. The molecule has 0 fully saturated rings. The van der Waals surface area contributed by atoms with Gasteiger partial charge in [0.05, 0.1) is 5.69 Å². The van der Waals surface area contributed by atoms with E-state index in [1.807, 2.05) is 29.1 Å². The highest BCUT2D eigenvalue weighted by atomic mass is 35.5. The molecule has 2 N–H and O–H groups in total. The summed E-state index contributed by atoms with van der Waals surface area (Å²) >= 11 is 0. The molecule has 0 aliphatic rings. The minimum atomic E-state index is 0. The number of nitrogens with zero attached hydrogens (tertiary/aromatic N) is 2. The highest BCUT2D eigenvalue weighted by Crippen LogP contribution is 2.10. The van der Waals surface area contributed by atoms with Crippen molar-refractivity contribution in [3.63, 3.8) is 0 Å². The fourth-order valence-electron chi connectivity index (χ4n) is 1.98. The molecule has 2 aromatic rings. The number of benzene rings is 1. The Morgan fingerprint density at radius 2 is 2.05 bits per heavy atom. The maximum Gasteiger partial charge on any atom is 0.115 e. The SMILES string of the molecule is CC(C)Cn1ccc(CNCc2cccc(O)c2)n1.Cl. The molecule has 0 atom stereocenters. The minimum Gasteiger partial charge on any atom is -0.508 e. The summed E-state index contributed by atoms with van der Waals surface area (Å²) in [4.78, 5) is 0. The summed E-state index contributed by atoms with van der Waals surface area (Å²) in [5, 5.41) is 17.2. The summed E-state index contributed by atoms with van der Waals surface area (Å²) in [5.74, 6) is 0.911. The van der Waals surface area contributed by atoms with E-state index < -0.39 is 0 Å². The van der Waals surface area contributed by atoms with Crippen LogP contribution in [-0.2, 0) is 19.6 Å². The zero-order valence-corrected chi connectivity index (χ0v) is 12.7. The van der Waals surface area contributed by atoms with Crippen LogP contribution in [0.4, 0.5) is 0 Å². The highest BCUT2D eigenvalue weighted by Gasteiger charge is 2.01. The third-order valence-corrected chi connectivity index (χ3v) is 2.79. The number of phenolic OH excluding ortho intramolecular Hbond substituents is 1. The van der Waals surface area contributed by atoms with E-state index in [1.54, 1.807) is 12.1 Å². The number of aromatic nitrogens is 2. The third kappa shape index (κ3) is 5.23. The lowest BCUT2D eigenvalue weighted by atomic mass is 10.2. The fraction of sp³-hybridized carbons (Fsp3) is 0.400. The van der Waals surface area contributed by atoms with E-state index >= 15 is 0 Å². The van der Waals surface area contributed by atoms with Crippen LogP contribution in [0.15, 0.2) is 36.5 Å². The molecule has 0 spiro atoms. The second-order valence-electron chi connectivity index (χ2n) is 5.20. The van der Waals surface area contributed by atoms with Crippen molar-refractivity contribution in [3.05, 3.63) is 47.8 Å². The van der Waals surface area contributed by atoms with Gasteiger partial charge in [-0.25, -0.2) is 0 Å². The monoisotopic (exact) mass is 295 g/mol. The summed E-state index contributed by atoms with van der Waals surface area (Å²) in [6, 6.07) is 9.33. The van der Waals surface area contributed by atoms with Crippen molar-refractivity contribution < 1.29 is 5.11 Å². The first-order chi connectivity index (χ1) is 9.13. The van der Waals surface area contributed by atoms with Crippen LogP contribution < -0.4 is 5.32 Å². The van der Waals surface area contributed by atoms with Gasteiger partial charge in [-0.2, -0.15) is 5.10 Å². The average molecular weight is 296 g/mol. The Balaban J connectivity index is 0.00000200. The molecule has 0 amide bonds. The molecule has 1 aromatic heterocycles. The second-order valence-corrected chi connectivity index (χ2v) is 5.20. The van der Waals surface area contributed by atoms with E-state index in [0.29, 0.717) is 11.7 Å². The first-order valence-electron chi connectivity index (χ1n) is 6.64. The molecule has 0 saturated heterocycles. The molecule has 1 heterocycles. The molecule has 0 aliphatic carbocycles. The molecule has 0 radical (unpaired) electrons. The Morgan fingerprint density at radius 1 is 1.25 bits per heavy atom. The van der Waals surface area contributed by atoms with Crippen LogP contribution in [0.25, 0.3) is 0 Å². The van der Waals surface area contributed by atoms with Crippen LogP contribution in [0.2, 0.25) is 0 Å². The topological polar surface area (TPSA) is 50.1 Å². The molecule has 0 saturated carbocycles. The molecular weight excluding hydrogens is 274 g/mol. The smallest absolute Gasteiger partial charge is 0.115 e. The standard InChI is InChI=1S/C15H21N3O.ClH/c1-12(2)11-18-7-6-14(17-18)10-16-9-13-4-3-5-15(19)8-13;/h3-8,12,16,19H,9-11H2,1-2H3;1H. The van der Waals surface area contributed by atoms with Gasteiger partial charge in [0.25, 0.3) is 0 Å². The maximum absolute atomic E-state index is 9.37. The van der Waals surface area contributed by atoms with Crippen LogP contribution in [-0.4, -0.2) is 14.9 Å². The Kier molecular flexibility index (Phi) is 6.55. The molecule has 0 bridgehead atoms. The van der Waals surface area contributed by atoms with Gasteiger partial charge in [-0.05, 0) is 29.7 Å². The van der Waals surface area contributed by atoms with Crippen molar-refractivity contribution in [1.29, 1.82) is 0 Å². The first-order valence-corrected chi connectivity index (χ1v) is 6.64. The van der Waals surface area contributed by atoms with Gasteiger partial charge in [-0.15, -0.1) is 12.4 Å². The Bertz CT molecular complexity index is 525. The molecule has 0 unspecified atom stereocenters. The van der Waals surface area contributed by atoms with E-state index in [0.717, 1.165) is 30.9 Å². The van der Waals surface area contributed by atoms with Crippen LogP contribution in [0.5, 0.6) is 5.75 Å². The molecule has 110 valence electrons. The normalized spacial score (nSPS) is 10.6. The largest absolute Gasteiger partial charge is 0.508 e. The number of rotatable bonds is 6. The predicted octanol–water partition coefficient (Wildman–Crippen LogP) is 2.96. The summed E-state index contributed by atoms with van der Waals surface area (Å²) in [6.45, 7) is 6.78. The number of aromatic hydroxyl groups is 1. The lowest BCUT2D eigenvalue weighted by molar-refractivity contribution is 0.473. The van der Waals surface area contributed by atoms with Crippen molar-refractivity contribution in [2.75, 3.05) is 0 Å². The fourth-order valence-corrected chi connectivity index (χ4v) is 1.98.